The summed E-state index contributed by atoms with van der Waals surface area (Å²) >= 11 is 1.31. The number of likely N-dealkylation sites (tertiary alicyclic amines) is 1. The number of hydrogen-bond donors (Lipinski definition) is 2. The number of carbonyl (C=O) groups is 2. The molecule has 0 aromatic carbocycles. The summed E-state index contributed by atoms with van der Waals surface area (Å²) in [5.74, 6) is 1.24. The zero-order chi connectivity index (χ0) is 15.0. The van der Waals surface area contributed by atoms with E-state index in [1.807, 2.05) is 4.90 Å². The van der Waals surface area contributed by atoms with Crippen LogP contribution in [0.4, 0.5) is 0 Å². The molecule has 1 aliphatic heterocycles. The first kappa shape index (κ1) is 17.4. The van der Waals surface area contributed by atoms with E-state index in [-0.39, 0.29) is 11.0 Å². The van der Waals surface area contributed by atoms with E-state index in [9.17, 15) is 9.59 Å². The smallest absolute Gasteiger partial charge is 0.222 e. The van der Waals surface area contributed by atoms with E-state index in [4.69, 9.17) is 11.5 Å². The lowest BCUT2D eigenvalue weighted by molar-refractivity contribution is -0.127. The van der Waals surface area contributed by atoms with E-state index in [0.717, 1.165) is 38.5 Å². The molecule has 20 heavy (non-hydrogen) atoms. The van der Waals surface area contributed by atoms with Crippen molar-refractivity contribution in [2.45, 2.75) is 13.3 Å². The van der Waals surface area contributed by atoms with Crippen molar-refractivity contribution in [3.8, 4) is 0 Å². The maximum Gasteiger partial charge on any atom is 0.222 e. The molecule has 1 fully saturated rings. The Bertz CT molecular complexity index is 321. The molecule has 1 unspecified atom stereocenters. The molecule has 116 valence electrons. The molecule has 1 rings (SSSR count). The Balaban J connectivity index is 2.32. The van der Waals surface area contributed by atoms with Crippen molar-refractivity contribution >= 4 is 22.8 Å². The summed E-state index contributed by atoms with van der Waals surface area (Å²) in [5, 5.41) is 0.118. The third-order valence-corrected chi connectivity index (χ3v) is 4.44. The van der Waals surface area contributed by atoms with Crippen LogP contribution < -0.4 is 11.5 Å². The van der Waals surface area contributed by atoms with Gasteiger partial charge in [-0.3, -0.25) is 14.5 Å². The second kappa shape index (κ2) is 9.33. The van der Waals surface area contributed by atoms with Crippen LogP contribution in [-0.2, 0) is 9.59 Å². The molecule has 0 spiro atoms. The third kappa shape index (κ3) is 6.21. The van der Waals surface area contributed by atoms with Crippen LogP contribution in [0.25, 0.3) is 0 Å². The molecule has 1 heterocycles. The fourth-order valence-electron chi connectivity index (χ4n) is 2.38. The molecule has 1 aliphatic rings. The Labute approximate surface area is 125 Å². The Morgan fingerprint density at radius 1 is 1.35 bits per heavy atom. The molecule has 4 N–H and O–H groups in total. The maximum atomic E-state index is 11.9. The summed E-state index contributed by atoms with van der Waals surface area (Å²) in [6.45, 7) is 6.69. The standard InChI is InChI=1S/C13H26N4O2S/c1-11(18)20-10-12-8-13(19)17(9-12)7-6-16(4-2-14)5-3-15/h12H,2-10,14-15H2,1H3. The van der Waals surface area contributed by atoms with Gasteiger partial charge >= 0.3 is 0 Å². The molecular weight excluding hydrogens is 276 g/mol. The van der Waals surface area contributed by atoms with Crippen molar-refractivity contribution in [3.63, 3.8) is 0 Å². The molecule has 1 atom stereocenters. The van der Waals surface area contributed by atoms with Crippen molar-refractivity contribution in [2.75, 3.05) is 51.6 Å². The van der Waals surface area contributed by atoms with Gasteiger partial charge in [-0.15, -0.1) is 0 Å². The highest BCUT2D eigenvalue weighted by Crippen LogP contribution is 2.22. The van der Waals surface area contributed by atoms with Gasteiger partial charge in [0.1, 0.15) is 0 Å². The van der Waals surface area contributed by atoms with Crippen molar-refractivity contribution in [1.29, 1.82) is 0 Å². The summed E-state index contributed by atoms with van der Waals surface area (Å²) in [4.78, 5) is 27.0. The summed E-state index contributed by atoms with van der Waals surface area (Å²) in [6.07, 6.45) is 0.564. The van der Waals surface area contributed by atoms with Crippen LogP contribution in [0.5, 0.6) is 0 Å². The minimum atomic E-state index is 0.118. The Morgan fingerprint density at radius 2 is 2.00 bits per heavy atom. The van der Waals surface area contributed by atoms with E-state index in [0.29, 0.717) is 25.4 Å². The van der Waals surface area contributed by atoms with Crippen molar-refractivity contribution in [3.05, 3.63) is 0 Å². The highest BCUT2D eigenvalue weighted by molar-refractivity contribution is 8.13. The average Bonchev–Trinajstić information content (AvgIpc) is 2.75. The lowest BCUT2D eigenvalue weighted by Crippen LogP contribution is -2.40. The summed E-state index contributed by atoms with van der Waals surface area (Å²) in [7, 11) is 0. The van der Waals surface area contributed by atoms with Gasteiger partial charge in [-0.1, -0.05) is 11.8 Å². The largest absolute Gasteiger partial charge is 0.341 e. The Hall–Kier alpha value is -0.630. The van der Waals surface area contributed by atoms with Crippen LogP contribution in [0, 0.1) is 5.92 Å². The van der Waals surface area contributed by atoms with Gasteiger partial charge in [0, 0.05) is 64.9 Å². The molecule has 6 nitrogen and oxygen atoms in total. The lowest BCUT2D eigenvalue weighted by Gasteiger charge is -2.24. The SMILES string of the molecule is CC(=O)SCC1CC(=O)N(CCN(CCN)CCN)C1. The highest BCUT2D eigenvalue weighted by atomic mass is 32.2. The molecule has 1 saturated heterocycles. The topological polar surface area (TPSA) is 92.7 Å². The first-order valence-electron chi connectivity index (χ1n) is 7.10. The number of carbonyl (C=O) groups excluding carboxylic acids is 2. The van der Waals surface area contributed by atoms with Crippen LogP contribution >= 0.6 is 11.8 Å². The minimum Gasteiger partial charge on any atom is -0.341 e. The van der Waals surface area contributed by atoms with E-state index in [1.54, 1.807) is 6.92 Å². The molecule has 0 aromatic rings. The third-order valence-electron chi connectivity index (χ3n) is 3.39. The molecular formula is C13H26N4O2S. The van der Waals surface area contributed by atoms with E-state index in [1.165, 1.54) is 11.8 Å². The van der Waals surface area contributed by atoms with Crippen molar-refractivity contribution in [2.24, 2.45) is 17.4 Å². The predicted molar refractivity (Wildman–Crippen MR) is 82.4 cm³/mol. The fourth-order valence-corrected chi connectivity index (χ4v) is 3.07. The van der Waals surface area contributed by atoms with Gasteiger partial charge in [0.25, 0.3) is 0 Å². The van der Waals surface area contributed by atoms with Gasteiger partial charge in [-0.2, -0.15) is 0 Å². The van der Waals surface area contributed by atoms with Crippen LogP contribution in [0.1, 0.15) is 13.3 Å². The number of nitrogens with two attached hydrogens (primary N) is 2. The predicted octanol–water partition coefficient (Wildman–Crippen LogP) is -0.666. The van der Waals surface area contributed by atoms with Crippen molar-refractivity contribution < 1.29 is 9.59 Å². The van der Waals surface area contributed by atoms with Gasteiger partial charge < -0.3 is 16.4 Å². The number of rotatable bonds is 9. The van der Waals surface area contributed by atoms with Crippen LogP contribution in [0.2, 0.25) is 0 Å². The number of hydrogen-bond acceptors (Lipinski definition) is 6. The van der Waals surface area contributed by atoms with Gasteiger partial charge in [-0.05, 0) is 5.92 Å². The van der Waals surface area contributed by atoms with Crippen molar-refractivity contribution in [1.82, 2.24) is 9.80 Å². The number of thioether (sulfide) groups is 1. The molecule has 0 aliphatic carbocycles. The summed E-state index contributed by atoms with van der Waals surface area (Å²) in [5.41, 5.74) is 11.1. The Morgan fingerprint density at radius 3 is 2.55 bits per heavy atom. The van der Waals surface area contributed by atoms with Crippen LogP contribution in [0.15, 0.2) is 0 Å². The second-order valence-electron chi connectivity index (χ2n) is 5.13. The first-order chi connectivity index (χ1) is 9.56. The quantitative estimate of drug-likeness (QED) is 0.587. The van der Waals surface area contributed by atoms with E-state index in [2.05, 4.69) is 4.90 Å². The molecule has 0 bridgehead atoms. The number of amides is 1. The monoisotopic (exact) mass is 302 g/mol. The zero-order valence-electron chi connectivity index (χ0n) is 12.2. The average molecular weight is 302 g/mol. The number of nitrogens with zero attached hydrogens (tertiary/aromatic N) is 2. The molecule has 1 amide bonds. The van der Waals surface area contributed by atoms with Crippen LogP contribution in [0.3, 0.4) is 0 Å². The molecule has 0 aromatic heterocycles. The zero-order valence-corrected chi connectivity index (χ0v) is 13.0. The highest BCUT2D eigenvalue weighted by Gasteiger charge is 2.29. The maximum absolute atomic E-state index is 11.9. The van der Waals surface area contributed by atoms with E-state index < -0.39 is 0 Å². The van der Waals surface area contributed by atoms with Gasteiger partial charge in [0.15, 0.2) is 5.12 Å². The fraction of sp³-hybridized carbons (Fsp3) is 0.846. The van der Waals surface area contributed by atoms with Gasteiger partial charge in [-0.25, -0.2) is 0 Å². The molecule has 7 heteroatoms. The minimum absolute atomic E-state index is 0.118. The lowest BCUT2D eigenvalue weighted by atomic mass is 10.1. The van der Waals surface area contributed by atoms with Crippen LogP contribution in [-0.4, -0.2) is 72.4 Å². The van der Waals surface area contributed by atoms with Gasteiger partial charge in [0.2, 0.25) is 5.91 Å². The summed E-state index contributed by atoms with van der Waals surface area (Å²) < 4.78 is 0. The summed E-state index contributed by atoms with van der Waals surface area (Å²) in [6, 6.07) is 0. The normalized spacial score (nSPS) is 19.1. The van der Waals surface area contributed by atoms with E-state index >= 15 is 0 Å². The van der Waals surface area contributed by atoms with Gasteiger partial charge in [0.05, 0.1) is 0 Å². The second-order valence-corrected chi connectivity index (χ2v) is 6.33. The Kier molecular flexibility index (Phi) is 8.13. The first-order valence-corrected chi connectivity index (χ1v) is 8.09. The molecule has 0 saturated carbocycles. The molecule has 0 radical (unpaired) electrons.